The Balaban J connectivity index is 1.75. The monoisotopic (exact) mass is 268 g/mol. The lowest BCUT2D eigenvalue weighted by molar-refractivity contribution is 0.126. The molecule has 2 amide bonds. The predicted molar refractivity (Wildman–Crippen MR) is 77.3 cm³/mol. The first kappa shape index (κ1) is 14.6. The van der Waals surface area contributed by atoms with E-state index in [4.69, 9.17) is 0 Å². The fourth-order valence-electron chi connectivity index (χ4n) is 3.24. The fourth-order valence-corrected chi connectivity index (χ4v) is 3.24. The third kappa shape index (κ3) is 3.83. The molecular weight excluding hydrogens is 240 g/mol. The molecule has 2 heterocycles. The normalized spacial score (nSPS) is 28.7. The Hall–Kier alpha value is -0.810. The molecule has 0 bridgehead atoms. The van der Waals surface area contributed by atoms with Crippen LogP contribution in [0.25, 0.3) is 0 Å². The molecule has 0 aromatic heterocycles. The van der Waals surface area contributed by atoms with Gasteiger partial charge in [-0.2, -0.15) is 0 Å². The third-order valence-corrected chi connectivity index (χ3v) is 4.44. The van der Waals surface area contributed by atoms with Gasteiger partial charge < -0.3 is 20.4 Å². The molecule has 2 aliphatic rings. The van der Waals surface area contributed by atoms with Crippen molar-refractivity contribution in [3.63, 3.8) is 0 Å². The Morgan fingerprint density at radius 1 is 1.32 bits per heavy atom. The molecule has 19 heavy (non-hydrogen) atoms. The van der Waals surface area contributed by atoms with Crippen molar-refractivity contribution in [2.75, 3.05) is 45.8 Å². The van der Waals surface area contributed by atoms with Crippen molar-refractivity contribution in [1.29, 1.82) is 0 Å². The lowest BCUT2D eigenvalue weighted by Gasteiger charge is -2.39. The standard InChI is InChI=1S/C14H28N4O/c1-3-12-11-17(7-5-13(12)15-4-2)9-10-18-8-6-16-14(18)19/h12-13,15H,3-11H2,1-2H3,(H,16,19). The topological polar surface area (TPSA) is 47.6 Å². The number of carbonyl (C=O) groups excluding carboxylic acids is 1. The number of carbonyl (C=O) groups is 1. The number of likely N-dealkylation sites (tertiary alicyclic amines) is 1. The first-order chi connectivity index (χ1) is 9.24. The fraction of sp³-hybridized carbons (Fsp3) is 0.929. The van der Waals surface area contributed by atoms with Crippen molar-refractivity contribution in [3.05, 3.63) is 0 Å². The van der Waals surface area contributed by atoms with Crippen molar-refractivity contribution < 1.29 is 4.79 Å². The average molecular weight is 268 g/mol. The van der Waals surface area contributed by atoms with Gasteiger partial charge in [0.05, 0.1) is 0 Å². The van der Waals surface area contributed by atoms with Crippen LogP contribution >= 0.6 is 0 Å². The smallest absolute Gasteiger partial charge is 0.317 e. The summed E-state index contributed by atoms with van der Waals surface area (Å²) in [6, 6.07) is 0.788. The molecule has 0 aliphatic carbocycles. The van der Waals surface area contributed by atoms with Crippen molar-refractivity contribution in [1.82, 2.24) is 20.4 Å². The second-order valence-electron chi connectivity index (χ2n) is 5.64. The molecular formula is C14H28N4O. The first-order valence-electron chi connectivity index (χ1n) is 7.73. The van der Waals surface area contributed by atoms with Gasteiger partial charge in [0.2, 0.25) is 0 Å². The van der Waals surface area contributed by atoms with Crippen LogP contribution in [0.1, 0.15) is 26.7 Å². The number of nitrogens with zero attached hydrogens (tertiary/aromatic N) is 2. The number of nitrogens with one attached hydrogen (secondary N) is 2. The van der Waals surface area contributed by atoms with Crippen LogP contribution in [-0.2, 0) is 0 Å². The predicted octanol–water partition coefficient (Wildman–Crippen LogP) is 0.722. The van der Waals surface area contributed by atoms with Crippen LogP contribution in [0, 0.1) is 5.92 Å². The van der Waals surface area contributed by atoms with Crippen molar-refractivity contribution in [2.24, 2.45) is 5.92 Å². The summed E-state index contributed by atoms with van der Waals surface area (Å²) in [4.78, 5) is 15.9. The molecule has 0 spiro atoms. The van der Waals surface area contributed by atoms with Gasteiger partial charge in [0.1, 0.15) is 0 Å². The van der Waals surface area contributed by atoms with Gasteiger partial charge in [0, 0.05) is 38.8 Å². The summed E-state index contributed by atoms with van der Waals surface area (Å²) in [5.74, 6) is 0.751. The summed E-state index contributed by atoms with van der Waals surface area (Å²) in [5.41, 5.74) is 0. The largest absolute Gasteiger partial charge is 0.336 e. The Labute approximate surface area is 116 Å². The second-order valence-corrected chi connectivity index (χ2v) is 5.64. The quantitative estimate of drug-likeness (QED) is 0.746. The Morgan fingerprint density at radius 3 is 2.79 bits per heavy atom. The number of piperidine rings is 1. The van der Waals surface area contributed by atoms with E-state index < -0.39 is 0 Å². The van der Waals surface area contributed by atoms with Crippen molar-refractivity contribution >= 4 is 6.03 Å². The molecule has 0 aromatic carbocycles. The van der Waals surface area contributed by atoms with Gasteiger partial charge in [-0.15, -0.1) is 0 Å². The van der Waals surface area contributed by atoms with Crippen LogP contribution in [0.4, 0.5) is 4.79 Å². The molecule has 2 atom stereocenters. The van der Waals surface area contributed by atoms with E-state index in [0.717, 1.165) is 45.2 Å². The summed E-state index contributed by atoms with van der Waals surface area (Å²) >= 11 is 0. The second kappa shape index (κ2) is 7.10. The summed E-state index contributed by atoms with van der Waals surface area (Å²) in [6.45, 7) is 11.4. The number of rotatable bonds is 6. The summed E-state index contributed by atoms with van der Waals surface area (Å²) in [5, 5.41) is 6.47. The zero-order valence-corrected chi connectivity index (χ0v) is 12.3. The highest BCUT2D eigenvalue weighted by Gasteiger charge is 2.28. The van der Waals surface area contributed by atoms with Gasteiger partial charge in [-0.25, -0.2) is 4.79 Å². The minimum atomic E-state index is 0.106. The third-order valence-electron chi connectivity index (χ3n) is 4.44. The molecule has 2 saturated heterocycles. The molecule has 0 radical (unpaired) electrons. The molecule has 2 rings (SSSR count). The average Bonchev–Trinajstić information content (AvgIpc) is 2.83. The lowest BCUT2D eigenvalue weighted by atomic mass is 9.90. The molecule has 2 N–H and O–H groups in total. The lowest BCUT2D eigenvalue weighted by Crippen LogP contribution is -2.50. The van der Waals surface area contributed by atoms with Crippen molar-refractivity contribution in [2.45, 2.75) is 32.7 Å². The summed E-state index contributed by atoms with van der Waals surface area (Å²) < 4.78 is 0. The van der Waals surface area contributed by atoms with Crippen molar-refractivity contribution in [3.8, 4) is 0 Å². The van der Waals surface area contributed by atoms with E-state index in [9.17, 15) is 4.79 Å². The maximum atomic E-state index is 11.5. The van der Waals surface area contributed by atoms with Gasteiger partial charge in [-0.05, 0) is 25.4 Å². The molecule has 5 nitrogen and oxygen atoms in total. The summed E-state index contributed by atoms with van der Waals surface area (Å²) in [7, 11) is 0. The van der Waals surface area contributed by atoms with E-state index in [1.54, 1.807) is 0 Å². The van der Waals surface area contributed by atoms with Gasteiger partial charge in [0.15, 0.2) is 0 Å². The van der Waals surface area contributed by atoms with Gasteiger partial charge in [0.25, 0.3) is 0 Å². The molecule has 2 unspecified atom stereocenters. The molecule has 110 valence electrons. The van der Waals surface area contributed by atoms with E-state index in [1.165, 1.54) is 19.4 Å². The SMILES string of the molecule is CCNC1CCN(CCN2CCNC2=O)CC1CC. The van der Waals surface area contributed by atoms with E-state index in [-0.39, 0.29) is 6.03 Å². The number of hydrogen-bond donors (Lipinski definition) is 2. The van der Waals surface area contributed by atoms with Crippen LogP contribution in [-0.4, -0.2) is 67.7 Å². The Bertz CT molecular complexity index is 297. The van der Waals surface area contributed by atoms with E-state index >= 15 is 0 Å². The number of urea groups is 1. The zero-order chi connectivity index (χ0) is 13.7. The Morgan fingerprint density at radius 2 is 2.16 bits per heavy atom. The molecule has 2 aliphatic heterocycles. The van der Waals surface area contributed by atoms with Crippen LogP contribution in [0.15, 0.2) is 0 Å². The minimum absolute atomic E-state index is 0.106. The zero-order valence-electron chi connectivity index (χ0n) is 12.3. The van der Waals surface area contributed by atoms with E-state index in [1.807, 2.05) is 4.90 Å². The van der Waals surface area contributed by atoms with E-state index in [2.05, 4.69) is 29.4 Å². The number of hydrogen-bond acceptors (Lipinski definition) is 3. The van der Waals surface area contributed by atoms with Gasteiger partial charge in [-0.1, -0.05) is 20.3 Å². The highest BCUT2D eigenvalue weighted by Crippen LogP contribution is 2.20. The van der Waals surface area contributed by atoms with Crippen LogP contribution in [0.3, 0.4) is 0 Å². The molecule has 0 saturated carbocycles. The highest BCUT2D eigenvalue weighted by molar-refractivity contribution is 5.76. The molecule has 5 heteroatoms. The number of amides is 2. The van der Waals surface area contributed by atoms with Gasteiger partial charge in [-0.3, -0.25) is 0 Å². The van der Waals surface area contributed by atoms with Gasteiger partial charge >= 0.3 is 6.03 Å². The highest BCUT2D eigenvalue weighted by atomic mass is 16.2. The van der Waals surface area contributed by atoms with Crippen LogP contribution in [0.2, 0.25) is 0 Å². The molecule has 2 fully saturated rings. The maximum absolute atomic E-state index is 11.5. The Kier molecular flexibility index (Phi) is 5.45. The van der Waals surface area contributed by atoms with Crippen LogP contribution < -0.4 is 10.6 Å². The first-order valence-corrected chi connectivity index (χ1v) is 7.73. The summed E-state index contributed by atoms with van der Waals surface area (Å²) in [6.07, 6.45) is 2.47. The minimum Gasteiger partial charge on any atom is -0.336 e. The maximum Gasteiger partial charge on any atom is 0.317 e. The van der Waals surface area contributed by atoms with E-state index in [0.29, 0.717) is 6.04 Å². The molecule has 0 aromatic rings. The van der Waals surface area contributed by atoms with Crippen LogP contribution in [0.5, 0.6) is 0 Å².